The monoisotopic (exact) mass is 374 g/mol. The van der Waals surface area contributed by atoms with E-state index in [0.29, 0.717) is 17.7 Å². The van der Waals surface area contributed by atoms with Gasteiger partial charge in [0, 0.05) is 0 Å². The Bertz CT molecular complexity index is 1030. The van der Waals surface area contributed by atoms with Gasteiger partial charge in [0.1, 0.15) is 17.5 Å². The third kappa shape index (κ3) is 3.60. The molecule has 1 aromatic heterocycles. The smallest absolute Gasteiger partial charge is 0.256 e. The predicted octanol–water partition coefficient (Wildman–Crippen LogP) is 3.75. The molecule has 0 bridgehead atoms. The number of methoxy groups -OCH3 is 1. The SMILES string of the molecule is CCc1c(C(=O)NC(C#N)c2ccccc2C)cnn1-c1ccccc1OC. The zero-order valence-electron chi connectivity index (χ0n) is 16.1. The topological polar surface area (TPSA) is 79.9 Å². The number of benzene rings is 2. The number of para-hydroxylation sites is 2. The first-order valence-electron chi connectivity index (χ1n) is 9.07. The summed E-state index contributed by atoms with van der Waals surface area (Å²) in [5.41, 5.74) is 3.70. The van der Waals surface area contributed by atoms with Crippen LogP contribution in [0.5, 0.6) is 5.75 Å². The minimum Gasteiger partial charge on any atom is -0.494 e. The van der Waals surface area contributed by atoms with E-state index >= 15 is 0 Å². The Morgan fingerprint density at radius 2 is 1.96 bits per heavy atom. The number of hydrogen-bond acceptors (Lipinski definition) is 4. The van der Waals surface area contributed by atoms with Gasteiger partial charge in [0.2, 0.25) is 0 Å². The van der Waals surface area contributed by atoms with Gasteiger partial charge >= 0.3 is 0 Å². The lowest BCUT2D eigenvalue weighted by atomic mass is 10.0. The van der Waals surface area contributed by atoms with Crippen LogP contribution in [0.25, 0.3) is 5.69 Å². The molecule has 3 rings (SSSR count). The molecule has 1 N–H and O–H groups in total. The van der Waals surface area contributed by atoms with E-state index in [1.54, 1.807) is 11.8 Å². The highest BCUT2D eigenvalue weighted by Crippen LogP contribution is 2.25. The summed E-state index contributed by atoms with van der Waals surface area (Å²) < 4.78 is 7.13. The number of rotatable bonds is 6. The molecule has 0 saturated carbocycles. The van der Waals surface area contributed by atoms with Crippen molar-refractivity contribution in [2.24, 2.45) is 0 Å². The van der Waals surface area contributed by atoms with Crippen molar-refractivity contribution in [1.82, 2.24) is 15.1 Å². The molecular weight excluding hydrogens is 352 g/mol. The van der Waals surface area contributed by atoms with Crippen molar-refractivity contribution in [3.05, 3.63) is 77.1 Å². The summed E-state index contributed by atoms with van der Waals surface area (Å²) >= 11 is 0. The number of nitrogens with one attached hydrogen (secondary N) is 1. The largest absolute Gasteiger partial charge is 0.494 e. The normalized spacial score (nSPS) is 11.5. The highest BCUT2D eigenvalue weighted by Gasteiger charge is 2.22. The number of amides is 1. The molecule has 142 valence electrons. The fourth-order valence-corrected chi connectivity index (χ4v) is 3.22. The number of carbonyl (C=O) groups is 1. The number of ether oxygens (including phenoxy) is 1. The molecule has 0 fully saturated rings. The Hall–Kier alpha value is -3.59. The van der Waals surface area contributed by atoms with Gasteiger partial charge < -0.3 is 10.1 Å². The van der Waals surface area contributed by atoms with Gasteiger partial charge in [-0.2, -0.15) is 10.4 Å². The van der Waals surface area contributed by atoms with Gasteiger partial charge in [-0.25, -0.2) is 4.68 Å². The molecule has 1 unspecified atom stereocenters. The molecule has 1 heterocycles. The number of aryl methyl sites for hydroxylation is 1. The minimum absolute atomic E-state index is 0.326. The van der Waals surface area contributed by atoms with E-state index in [1.165, 1.54) is 6.20 Å². The third-order valence-electron chi connectivity index (χ3n) is 4.67. The van der Waals surface area contributed by atoms with Gasteiger partial charge in [-0.05, 0) is 36.6 Å². The van der Waals surface area contributed by atoms with Crippen LogP contribution in [0.15, 0.2) is 54.7 Å². The molecule has 1 atom stereocenters. The number of nitriles is 1. The summed E-state index contributed by atoms with van der Waals surface area (Å²) in [7, 11) is 1.60. The second-order valence-corrected chi connectivity index (χ2v) is 6.33. The molecule has 0 aliphatic carbocycles. The summed E-state index contributed by atoms with van der Waals surface area (Å²) in [5, 5.41) is 16.8. The summed E-state index contributed by atoms with van der Waals surface area (Å²) in [6, 6.07) is 16.5. The van der Waals surface area contributed by atoms with Crippen LogP contribution in [0, 0.1) is 18.3 Å². The third-order valence-corrected chi connectivity index (χ3v) is 4.67. The van der Waals surface area contributed by atoms with Crippen LogP contribution in [-0.2, 0) is 6.42 Å². The zero-order chi connectivity index (χ0) is 20.1. The Labute approximate surface area is 164 Å². The summed E-state index contributed by atoms with van der Waals surface area (Å²) in [4.78, 5) is 12.9. The molecule has 6 nitrogen and oxygen atoms in total. The van der Waals surface area contributed by atoms with Crippen molar-refractivity contribution in [3.8, 4) is 17.5 Å². The average molecular weight is 374 g/mol. The van der Waals surface area contributed by atoms with Crippen LogP contribution < -0.4 is 10.1 Å². The maximum absolute atomic E-state index is 12.9. The van der Waals surface area contributed by atoms with Crippen LogP contribution in [-0.4, -0.2) is 22.8 Å². The number of aromatic nitrogens is 2. The van der Waals surface area contributed by atoms with Gasteiger partial charge in [-0.1, -0.05) is 43.3 Å². The number of hydrogen-bond donors (Lipinski definition) is 1. The lowest BCUT2D eigenvalue weighted by molar-refractivity contribution is 0.0944. The van der Waals surface area contributed by atoms with Crippen molar-refractivity contribution in [3.63, 3.8) is 0 Å². The second-order valence-electron chi connectivity index (χ2n) is 6.33. The summed E-state index contributed by atoms with van der Waals surface area (Å²) in [5.74, 6) is 0.342. The standard InChI is InChI=1S/C22H22N4O2/c1-4-19-17(14-24-26(19)20-11-7-8-12-21(20)28-3)22(27)25-18(13-23)16-10-6-5-9-15(16)2/h5-12,14,18H,4H2,1-3H3,(H,25,27). The molecule has 0 aliphatic heterocycles. The molecule has 0 spiro atoms. The lowest BCUT2D eigenvalue weighted by Crippen LogP contribution is -2.28. The number of nitrogens with zero attached hydrogens (tertiary/aromatic N) is 3. The Morgan fingerprint density at radius 3 is 2.64 bits per heavy atom. The molecule has 6 heteroatoms. The van der Waals surface area contributed by atoms with Gasteiger partial charge in [0.25, 0.3) is 5.91 Å². The van der Waals surface area contributed by atoms with E-state index < -0.39 is 6.04 Å². The van der Waals surface area contributed by atoms with Gasteiger partial charge in [0.05, 0.1) is 30.6 Å². The van der Waals surface area contributed by atoms with E-state index in [-0.39, 0.29) is 5.91 Å². The van der Waals surface area contributed by atoms with Crippen LogP contribution in [0.1, 0.15) is 40.1 Å². The molecule has 0 radical (unpaired) electrons. The van der Waals surface area contributed by atoms with Crippen molar-refractivity contribution < 1.29 is 9.53 Å². The first-order chi connectivity index (χ1) is 13.6. The van der Waals surface area contributed by atoms with Crippen LogP contribution in [0.4, 0.5) is 0 Å². The average Bonchev–Trinajstić information content (AvgIpc) is 3.16. The van der Waals surface area contributed by atoms with Crippen LogP contribution >= 0.6 is 0 Å². The molecular formula is C22H22N4O2. The Balaban J connectivity index is 1.94. The van der Waals surface area contributed by atoms with Crippen molar-refractivity contribution >= 4 is 5.91 Å². The summed E-state index contributed by atoms with van der Waals surface area (Å²) in [6.45, 7) is 3.88. The van der Waals surface area contributed by atoms with Crippen molar-refractivity contribution in [2.75, 3.05) is 7.11 Å². The Morgan fingerprint density at radius 1 is 1.25 bits per heavy atom. The van der Waals surface area contributed by atoms with Crippen molar-refractivity contribution in [2.45, 2.75) is 26.3 Å². The van der Waals surface area contributed by atoms with Crippen molar-refractivity contribution in [1.29, 1.82) is 5.26 Å². The maximum atomic E-state index is 12.9. The first-order valence-corrected chi connectivity index (χ1v) is 9.07. The van der Waals surface area contributed by atoms with E-state index in [0.717, 1.165) is 22.5 Å². The second kappa shape index (κ2) is 8.40. The van der Waals surface area contributed by atoms with E-state index in [9.17, 15) is 10.1 Å². The van der Waals surface area contributed by atoms with E-state index in [1.807, 2.05) is 62.4 Å². The van der Waals surface area contributed by atoms with E-state index in [4.69, 9.17) is 4.74 Å². The quantitative estimate of drug-likeness (QED) is 0.713. The van der Waals surface area contributed by atoms with Crippen LogP contribution in [0.2, 0.25) is 0 Å². The van der Waals surface area contributed by atoms with Gasteiger partial charge in [-0.3, -0.25) is 4.79 Å². The lowest BCUT2D eigenvalue weighted by Gasteiger charge is -2.15. The molecule has 28 heavy (non-hydrogen) atoms. The predicted molar refractivity (Wildman–Crippen MR) is 106 cm³/mol. The maximum Gasteiger partial charge on any atom is 0.256 e. The zero-order valence-corrected chi connectivity index (χ0v) is 16.1. The minimum atomic E-state index is -0.729. The summed E-state index contributed by atoms with van der Waals surface area (Å²) in [6.07, 6.45) is 2.13. The fourth-order valence-electron chi connectivity index (χ4n) is 3.22. The molecule has 1 amide bonds. The van der Waals surface area contributed by atoms with E-state index in [2.05, 4.69) is 16.5 Å². The number of carbonyl (C=O) groups excluding carboxylic acids is 1. The molecule has 0 aliphatic rings. The van der Waals surface area contributed by atoms with Crippen LogP contribution in [0.3, 0.4) is 0 Å². The molecule has 0 saturated heterocycles. The first kappa shape index (κ1) is 19.2. The molecule has 2 aromatic carbocycles. The Kier molecular flexibility index (Phi) is 5.75. The highest BCUT2D eigenvalue weighted by molar-refractivity contribution is 5.95. The van der Waals surface area contributed by atoms with Gasteiger partial charge in [-0.15, -0.1) is 0 Å². The molecule has 3 aromatic rings. The van der Waals surface area contributed by atoms with Gasteiger partial charge in [0.15, 0.2) is 0 Å². The highest BCUT2D eigenvalue weighted by atomic mass is 16.5. The fraction of sp³-hybridized carbons (Fsp3) is 0.227.